The molecule has 0 aliphatic carbocycles. The summed E-state index contributed by atoms with van der Waals surface area (Å²) in [5.41, 5.74) is 8.99. The lowest BCUT2D eigenvalue weighted by molar-refractivity contribution is 0.669. The topological polar surface area (TPSA) is 13.1 Å². The minimum absolute atomic E-state index is 0.902. The van der Waals surface area contributed by atoms with Gasteiger partial charge in [-0.25, -0.2) is 0 Å². The molecular formula is C54H30O. The molecule has 252 valence electrons. The number of fused-ring (bicyclic) bond motifs is 4. The third-order valence-electron chi connectivity index (χ3n) is 12.3. The van der Waals surface area contributed by atoms with Gasteiger partial charge in [0, 0.05) is 10.8 Å². The fourth-order valence-electron chi connectivity index (χ4n) is 9.77. The third kappa shape index (κ3) is 4.07. The van der Waals surface area contributed by atoms with Crippen LogP contribution in [0.5, 0.6) is 0 Å². The van der Waals surface area contributed by atoms with Crippen molar-refractivity contribution in [2.45, 2.75) is 0 Å². The molecule has 1 nitrogen and oxygen atoms in total. The maximum absolute atomic E-state index is 6.81. The molecule has 0 amide bonds. The summed E-state index contributed by atoms with van der Waals surface area (Å²) in [6.45, 7) is 0. The molecule has 0 aliphatic heterocycles. The molecule has 0 saturated heterocycles. The van der Waals surface area contributed by atoms with Crippen molar-refractivity contribution in [3.63, 3.8) is 0 Å². The maximum Gasteiger partial charge on any atom is 0.136 e. The lowest BCUT2D eigenvalue weighted by Gasteiger charge is -2.16. The van der Waals surface area contributed by atoms with Crippen molar-refractivity contribution in [3.8, 4) is 33.4 Å². The molecule has 55 heavy (non-hydrogen) atoms. The SMILES string of the molecule is c1ccc2cc3c(cc2c1)oc1cc(-c2ccc(-c4ccc5ccc6cccc7ccc4c5c67)cc2)cc(-c2ccc4ccc5cccc6ccc2c4c56)c13. The van der Waals surface area contributed by atoms with Gasteiger partial charge in [0.25, 0.3) is 0 Å². The van der Waals surface area contributed by atoms with Crippen LogP contribution in [0.1, 0.15) is 0 Å². The van der Waals surface area contributed by atoms with E-state index in [0.717, 1.165) is 33.1 Å². The molecule has 1 heteroatoms. The first-order valence-corrected chi connectivity index (χ1v) is 19.1. The second-order valence-corrected chi connectivity index (χ2v) is 15.2. The highest BCUT2D eigenvalue weighted by Crippen LogP contribution is 2.46. The summed E-state index contributed by atoms with van der Waals surface area (Å²) in [6, 6.07) is 67.4. The molecule has 0 radical (unpaired) electrons. The van der Waals surface area contributed by atoms with Gasteiger partial charge in [-0.3, -0.25) is 0 Å². The Morgan fingerprint density at radius 1 is 0.236 bits per heavy atom. The highest BCUT2D eigenvalue weighted by molar-refractivity contribution is 6.28. The smallest absolute Gasteiger partial charge is 0.136 e. The average Bonchev–Trinajstić information content (AvgIpc) is 3.60. The summed E-state index contributed by atoms with van der Waals surface area (Å²) in [5, 5.41) is 20.3. The van der Waals surface area contributed by atoms with Crippen molar-refractivity contribution in [2.24, 2.45) is 0 Å². The van der Waals surface area contributed by atoms with Crippen molar-refractivity contribution in [1.82, 2.24) is 0 Å². The molecule has 12 aromatic carbocycles. The van der Waals surface area contributed by atoms with Crippen molar-refractivity contribution in [2.75, 3.05) is 0 Å². The highest BCUT2D eigenvalue weighted by atomic mass is 16.3. The minimum Gasteiger partial charge on any atom is -0.456 e. The zero-order valence-corrected chi connectivity index (χ0v) is 29.7. The van der Waals surface area contributed by atoms with E-state index in [1.807, 2.05) is 0 Å². The van der Waals surface area contributed by atoms with Gasteiger partial charge in [-0.2, -0.15) is 0 Å². The molecule has 0 saturated carbocycles. The fourth-order valence-corrected chi connectivity index (χ4v) is 9.77. The van der Waals surface area contributed by atoms with Gasteiger partial charge in [-0.1, -0.05) is 158 Å². The minimum atomic E-state index is 0.902. The van der Waals surface area contributed by atoms with Gasteiger partial charge >= 0.3 is 0 Å². The van der Waals surface area contributed by atoms with E-state index in [-0.39, 0.29) is 0 Å². The van der Waals surface area contributed by atoms with Crippen LogP contribution in [0.2, 0.25) is 0 Å². The van der Waals surface area contributed by atoms with Crippen LogP contribution >= 0.6 is 0 Å². The summed E-state index contributed by atoms with van der Waals surface area (Å²) in [5.74, 6) is 0. The first-order valence-electron chi connectivity index (χ1n) is 19.1. The predicted molar refractivity (Wildman–Crippen MR) is 235 cm³/mol. The van der Waals surface area contributed by atoms with Crippen molar-refractivity contribution < 1.29 is 4.42 Å². The molecule has 13 rings (SSSR count). The van der Waals surface area contributed by atoms with E-state index in [4.69, 9.17) is 4.42 Å². The molecule has 0 atom stereocenters. The third-order valence-corrected chi connectivity index (χ3v) is 12.3. The Kier molecular flexibility index (Phi) is 5.69. The van der Waals surface area contributed by atoms with E-state index >= 15 is 0 Å². The van der Waals surface area contributed by atoms with E-state index in [1.165, 1.54) is 97.7 Å². The summed E-state index contributed by atoms with van der Waals surface area (Å²) in [6.07, 6.45) is 0. The van der Waals surface area contributed by atoms with Gasteiger partial charge in [0.1, 0.15) is 11.2 Å². The Labute approximate surface area is 315 Å². The van der Waals surface area contributed by atoms with Crippen LogP contribution in [-0.2, 0) is 0 Å². The predicted octanol–water partition coefficient (Wildman–Crippen LogP) is 15.5. The molecule has 0 aliphatic rings. The largest absolute Gasteiger partial charge is 0.456 e. The molecular weight excluding hydrogens is 665 g/mol. The van der Waals surface area contributed by atoms with Crippen molar-refractivity contribution in [1.29, 1.82) is 0 Å². The lowest BCUT2D eigenvalue weighted by Crippen LogP contribution is -1.89. The van der Waals surface area contributed by atoms with Gasteiger partial charge < -0.3 is 4.42 Å². The number of benzene rings is 12. The van der Waals surface area contributed by atoms with E-state index < -0.39 is 0 Å². The van der Waals surface area contributed by atoms with Gasteiger partial charge in [0.15, 0.2) is 0 Å². The summed E-state index contributed by atoms with van der Waals surface area (Å²) in [7, 11) is 0. The van der Waals surface area contributed by atoms with Crippen LogP contribution in [0.3, 0.4) is 0 Å². The molecule has 1 heterocycles. The molecule has 1 aromatic heterocycles. The van der Waals surface area contributed by atoms with Crippen LogP contribution in [0.25, 0.3) is 131 Å². The molecule has 0 unspecified atom stereocenters. The van der Waals surface area contributed by atoms with Gasteiger partial charge in [0.2, 0.25) is 0 Å². The second kappa shape index (κ2) is 10.7. The maximum atomic E-state index is 6.81. The van der Waals surface area contributed by atoms with Gasteiger partial charge in [-0.15, -0.1) is 0 Å². The fraction of sp³-hybridized carbons (Fsp3) is 0. The molecule has 0 bridgehead atoms. The number of hydrogen-bond acceptors (Lipinski definition) is 1. The Morgan fingerprint density at radius 2 is 0.727 bits per heavy atom. The van der Waals surface area contributed by atoms with Crippen LogP contribution in [-0.4, -0.2) is 0 Å². The van der Waals surface area contributed by atoms with Crippen molar-refractivity contribution in [3.05, 3.63) is 182 Å². The Hall–Kier alpha value is -7.22. The molecule has 0 spiro atoms. The van der Waals surface area contributed by atoms with E-state index in [0.29, 0.717) is 0 Å². The summed E-state index contributed by atoms with van der Waals surface area (Å²) >= 11 is 0. The van der Waals surface area contributed by atoms with Crippen LogP contribution in [0.15, 0.2) is 186 Å². The zero-order valence-electron chi connectivity index (χ0n) is 29.7. The standard InChI is InChI=1S/C54H30O/c1-2-6-40-29-48-47(27-39(40)5-1)54-46(43-24-20-38-18-16-34-8-4-10-36-22-26-45(43)53(38)51(34)36)28-41(30-49(54)55-48)31-11-13-32(14-12-31)42-23-19-37-17-15-33-7-3-9-35-21-25-44(42)52(37)50(33)35/h1-30H. The van der Waals surface area contributed by atoms with Crippen LogP contribution in [0.4, 0.5) is 0 Å². The molecule has 0 fully saturated rings. The summed E-state index contributed by atoms with van der Waals surface area (Å²) < 4.78 is 6.81. The first-order chi connectivity index (χ1) is 27.2. The molecule has 0 N–H and O–H groups in total. The van der Waals surface area contributed by atoms with Crippen molar-refractivity contribution >= 4 is 97.3 Å². The first kappa shape index (κ1) is 29.3. The van der Waals surface area contributed by atoms with E-state index in [2.05, 4.69) is 182 Å². The van der Waals surface area contributed by atoms with E-state index in [1.54, 1.807) is 0 Å². The lowest BCUT2D eigenvalue weighted by atomic mass is 9.87. The quantitative estimate of drug-likeness (QED) is 0.168. The Morgan fingerprint density at radius 3 is 1.36 bits per heavy atom. The Balaban J connectivity index is 1.04. The summed E-state index contributed by atoms with van der Waals surface area (Å²) in [4.78, 5) is 0. The average molecular weight is 695 g/mol. The van der Waals surface area contributed by atoms with Gasteiger partial charge in [0.05, 0.1) is 0 Å². The number of rotatable bonds is 3. The van der Waals surface area contributed by atoms with E-state index in [9.17, 15) is 0 Å². The van der Waals surface area contributed by atoms with Gasteiger partial charge in [-0.05, 0) is 133 Å². The normalized spacial score (nSPS) is 12.4. The Bertz CT molecular complexity index is 3660. The molecule has 13 aromatic rings. The van der Waals surface area contributed by atoms with Crippen LogP contribution in [0, 0.1) is 0 Å². The monoisotopic (exact) mass is 694 g/mol. The zero-order chi connectivity index (χ0) is 35.8. The van der Waals surface area contributed by atoms with Crippen LogP contribution < -0.4 is 0 Å². The number of hydrogen-bond donors (Lipinski definition) is 0. The number of furan rings is 1. The highest BCUT2D eigenvalue weighted by Gasteiger charge is 2.20. The second-order valence-electron chi connectivity index (χ2n) is 15.2.